The number of unbranched alkanes of at least 4 members (excludes halogenated alkanes) is 3. The molecule has 188 valence electrons. The first kappa shape index (κ1) is 26.4. The van der Waals surface area contributed by atoms with E-state index in [1.165, 1.54) is 109 Å². The molecular weight excluding hydrogens is 404 g/mol. The molecule has 33 heavy (non-hydrogen) atoms. The second-order valence-electron chi connectivity index (χ2n) is 11.1. The summed E-state index contributed by atoms with van der Waals surface area (Å²) in [7, 11) is 0. The Kier molecular flexibility index (Phi) is 12.5. The van der Waals surface area contributed by atoms with Gasteiger partial charge in [-0.15, -0.1) is 0 Å². The third-order valence-electron chi connectivity index (χ3n) is 8.47. The number of hydrogen-bond acceptors (Lipinski definition) is 2. The smallest absolute Gasteiger partial charge is 0.119 e. The fourth-order valence-electron chi connectivity index (χ4n) is 6.26. The normalized spacial score (nSPS) is 25.6. The van der Waals surface area contributed by atoms with Crippen LogP contribution in [0.25, 0.3) is 0 Å². The Hall–Kier alpha value is -1.18. The molecule has 1 aromatic carbocycles. The van der Waals surface area contributed by atoms with Crippen LogP contribution in [0.4, 0.5) is 0 Å². The van der Waals surface area contributed by atoms with E-state index in [2.05, 4.69) is 38.1 Å². The Morgan fingerprint density at radius 1 is 0.606 bits per heavy atom. The van der Waals surface area contributed by atoms with Gasteiger partial charge in [0.2, 0.25) is 0 Å². The van der Waals surface area contributed by atoms with Crippen LogP contribution in [0.15, 0.2) is 24.3 Å². The Morgan fingerprint density at radius 2 is 1.18 bits per heavy atom. The van der Waals surface area contributed by atoms with Gasteiger partial charge in [-0.3, -0.25) is 0 Å². The van der Waals surface area contributed by atoms with Crippen LogP contribution in [-0.4, -0.2) is 13.2 Å². The summed E-state index contributed by atoms with van der Waals surface area (Å²) in [6.07, 6.45) is 23.7. The SMILES string of the molecule is CCCCCC1CCC(COc2ccc(OCCCC3CCCCC3CCCC)cc2)CC1. The largest absolute Gasteiger partial charge is 0.494 e. The maximum Gasteiger partial charge on any atom is 0.119 e. The van der Waals surface area contributed by atoms with Gasteiger partial charge in [-0.25, -0.2) is 0 Å². The zero-order valence-corrected chi connectivity index (χ0v) is 21.9. The lowest BCUT2D eigenvalue weighted by molar-refractivity contribution is 0.177. The van der Waals surface area contributed by atoms with E-state index in [0.717, 1.165) is 48.4 Å². The van der Waals surface area contributed by atoms with E-state index in [9.17, 15) is 0 Å². The van der Waals surface area contributed by atoms with Gasteiger partial charge in [0.1, 0.15) is 11.5 Å². The minimum absolute atomic E-state index is 0.740. The van der Waals surface area contributed by atoms with E-state index in [0.29, 0.717) is 0 Å². The van der Waals surface area contributed by atoms with Crippen molar-refractivity contribution >= 4 is 0 Å². The number of hydrogen-bond donors (Lipinski definition) is 0. The maximum absolute atomic E-state index is 6.13. The fourth-order valence-corrected chi connectivity index (χ4v) is 6.26. The Labute approximate surface area is 205 Å². The van der Waals surface area contributed by atoms with Gasteiger partial charge in [0.05, 0.1) is 13.2 Å². The number of benzene rings is 1. The molecular formula is C31H52O2. The molecule has 0 aromatic heterocycles. The summed E-state index contributed by atoms with van der Waals surface area (Å²) in [4.78, 5) is 0. The molecule has 0 spiro atoms. The van der Waals surface area contributed by atoms with Crippen molar-refractivity contribution in [3.8, 4) is 11.5 Å². The molecule has 2 nitrogen and oxygen atoms in total. The van der Waals surface area contributed by atoms with Gasteiger partial charge < -0.3 is 9.47 Å². The summed E-state index contributed by atoms with van der Waals surface area (Å²) in [6, 6.07) is 8.36. The van der Waals surface area contributed by atoms with Crippen molar-refractivity contribution in [1.82, 2.24) is 0 Å². The molecule has 2 aliphatic rings. The van der Waals surface area contributed by atoms with Crippen LogP contribution in [0.2, 0.25) is 0 Å². The third kappa shape index (κ3) is 9.91. The summed E-state index contributed by atoms with van der Waals surface area (Å²) in [5.74, 6) is 5.62. The maximum atomic E-state index is 6.13. The van der Waals surface area contributed by atoms with E-state index in [1.54, 1.807) is 0 Å². The standard InChI is InChI=1S/C31H52O2/c1-3-5-7-11-26-16-18-27(19-17-26)25-33-31-22-20-30(21-23-31)32-24-10-15-29-14-9-8-13-28(29)12-6-4-2/h20-23,26-29H,3-19,24-25H2,1-2H3. The molecule has 0 heterocycles. The van der Waals surface area contributed by atoms with Crippen LogP contribution >= 0.6 is 0 Å². The Morgan fingerprint density at radius 3 is 1.82 bits per heavy atom. The van der Waals surface area contributed by atoms with E-state index in [4.69, 9.17) is 9.47 Å². The molecule has 2 heteroatoms. The second kappa shape index (κ2) is 15.7. The first-order valence-electron chi connectivity index (χ1n) is 14.6. The van der Waals surface area contributed by atoms with Crippen LogP contribution in [0, 0.1) is 23.7 Å². The van der Waals surface area contributed by atoms with Crippen LogP contribution in [0.3, 0.4) is 0 Å². The first-order valence-corrected chi connectivity index (χ1v) is 14.6. The molecule has 1 aromatic rings. The lowest BCUT2D eigenvalue weighted by Crippen LogP contribution is -2.20. The van der Waals surface area contributed by atoms with E-state index in [1.807, 2.05) is 0 Å². The van der Waals surface area contributed by atoms with Crippen molar-refractivity contribution in [2.75, 3.05) is 13.2 Å². The van der Waals surface area contributed by atoms with Gasteiger partial charge in [-0.1, -0.05) is 97.3 Å². The van der Waals surface area contributed by atoms with E-state index < -0.39 is 0 Å². The van der Waals surface area contributed by atoms with Crippen molar-refractivity contribution < 1.29 is 9.47 Å². The van der Waals surface area contributed by atoms with Crippen LogP contribution in [0.1, 0.15) is 123 Å². The highest BCUT2D eigenvalue weighted by Crippen LogP contribution is 2.36. The van der Waals surface area contributed by atoms with Crippen molar-refractivity contribution in [3.63, 3.8) is 0 Å². The summed E-state index contributed by atoms with van der Waals surface area (Å²) in [5.41, 5.74) is 0. The monoisotopic (exact) mass is 456 g/mol. The highest BCUT2D eigenvalue weighted by molar-refractivity contribution is 5.31. The molecule has 0 amide bonds. The van der Waals surface area contributed by atoms with Gasteiger partial charge in [0.25, 0.3) is 0 Å². The lowest BCUT2D eigenvalue weighted by atomic mass is 9.75. The molecule has 2 fully saturated rings. The third-order valence-corrected chi connectivity index (χ3v) is 8.47. The van der Waals surface area contributed by atoms with Gasteiger partial charge in [-0.05, 0) is 73.6 Å². The summed E-state index contributed by atoms with van der Waals surface area (Å²) in [6.45, 7) is 6.35. The van der Waals surface area contributed by atoms with Gasteiger partial charge >= 0.3 is 0 Å². The zero-order chi connectivity index (χ0) is 23.1. The molecule has 2 unspecified atom stereocenters. The average molecular weight is 457 g/mol. The minimum atomic E-state index is 0.740. The fraction of sp³-hybridized carbons (Fsp3) is 0.806. The quantitative estimate of drug-likeness (QED) is 0.245. The van der Waals surface area contributed by atoms with Crippen LogP contribution in [0.5, 0.6) is 11.5 Å². The molecule has 0 saturated heterocycles. The Balaban J connectivity index is 1.27. The number of ether oxygens (including phenoxy) is 2. The molecule has 0 N–H and O–H groups in total. The van der Waals surface area contributed by atoms with Crippen LogP contribution < -0.4 is 9.47 Å². The van der Waals surface area contributed by atoms with Crippen molar-refractivity contribution in [2.24, 2.45) is 23.7 Å². The molecule has 0 aliphatic heterocycles. The summed E-state index contributed by atoms with van der Waals surface area (Å²) in [5, 5.41) is 0. The minimum Gasteiger partial charge on any atom is -0.494 e. The summed E-state index contributed by atoms with van der Waals surface area (Å²) < 4.78 is 12.2. The Bertz CT molecular complexity index is 602. The van der Waals surface area contributed by atoms with E-state index in [-0.39, 0.29) is 0 Å². The van der Waals surface area contributed by atoms with Crippen molar-refractivity contribution in [1.29, 1.82) is 0 Å². The highest BCUT2D eigenvalue weighted by Gasteiger charge is 2.24. The summed E-state index contributed by atoms with van der Waals surface area (Å²) >= 11 is 0. The van der Waals surface area contributed by atoms with Gasteiger partial charge in [0, 0.05) is 0 Å². The van der Waals surface area contributed by atoms with Crippen molar-refractivity contribution in [3.05, 3.63) is 24.3 Å². The predicted molar refractivity (Wildman–Crippen MR) is 141 cm³/mol. The lowest BCUT2D eigenvalue weighted by Gasteiger charge is -2.31. The predicted octanol–water partition coefficient (Wildman–Crippen LogP) is 9.61. The zero-order valence-electron chi connectivity index (χ0n) is 21.9. The molecule has 0 bridgehead atoms. The van der Waals surface area contributed by atoms with Gasteiger partial charge in [-0.2, -0.15) is 0 Å². The second-order valence-corrected chi connectivity index (χ2v) is 11.1. The molecule has 2 saturated carbocycles. The molecule has 2 atom stereocenters. The molecule has 2 aliphatic carbocycles. The highest BCUT2D eigenvalue weighted by atomic mass is 16.5. The van der Waals surface area contributed by atoms with Gasteiger partial charge in [0.15, 0.2) is 0 Å². The van der Waals surface area contributed by atoms with E-state index >= 15 is 0 Å². The van der Waals surface area contributed by atoms with Crippen molar-refractivity contribution in [2.45, 2.75) is 123 Å². The van der Waals surface area contributed by atoms with Crippen LogP contribution in [-0.2, 0) is 0 Å². The first-order chi connectivity index (χ1) is 16.3. The number of rotatable bonds is 15. The molecule has 0 radical (unpaired) electrons. The average Bonchev–Trinajstić information content (AvgIpc) is 2.86. The molecule has 3 rings (SSSR count). The topological polar surface area (TPSA) is 18.5 Å².